The van der Waals surface area contributed by atoms with E-state index in [1.165, 1.54) is 18.3 Å². The summed E-state index contributed by atoms with van der Waals surface area (Å²) >= 11 is 5.58. The molecule has 6 nitrogen and oxygen atoms in total. The van der Waals surface area contributed by atoms with Crippen LogP contribution in [0.5, 0.6) is 0 Å². The number of rotatable bonds is 2. The molecule has 3 N–H and O–H groups in total. The molecule has 0 aliphatic heterocycles. The summed E-state index contributed by atoms with van der Waals surface area (Å²) in [6.07, 6.45) is 1.26. The minimum absolute atomic E-state index is 0.0474. The number of aliphatic hydroxyl groups is 1. The fourth-order valence-electron chi connectivity index (χ4n) is 0.844. The fourth-order valence-corrected chi connectivity index (χ4v) is 1.01. The highest BCUT2D eigenvalue weighted by atomic mass is 35.5. The third-order valence-corrected chi connectivity index (χ3v) is 1.77. The number of amides is 2. The molecule has 1 aromatic heterocycles. The predicted molar refractivity (Wildman–Crippen MR) is 52.7 cm³/mol. The monoisotopic (exact) mass is 231 g/mol. The lowest BCUT2D eigenvalue weighted by atomic mass is 10.5. The summed E-state index contributed by atoms with van der Waals surface area (Å²) in [4.78, 5) is 14.7. The second-order valence-electron chi connectivity index (χ2n) is 2.62. The van der Waals surface area contributed by atoms with Crippen LogP contribution in [0.15, 0.2) is 23.3 Å². The first-order chi connectivity index (χ1) is 7.13. The molecule has 0 saturated heterocycles. The molecular formula is C8H10ClN3O3. The highest BCUT2D eigenvalue weighted by Gasteiger charge is 1.97. The number of pyridine rings is 1. The zero-order chi connectivity index (χ0) is 11.3. The Bertz CT molecular complexity index is 416. The molecule has 0 unspecified atom stereocenters. The minimum atomic E-state index is -0.573. The lowest BCUT2D eigenvalue weighted by molar-refractivity contribution is 0.185. The van der Waals surface area contributed by atoms with Crippen LogP contribution in [-0.4, -0.2) is 34.2 Å². The minimum Gasteiger partial charge on any atom is -0.428 e. The van der Waals surface area contributed by atoms with E-state index in [0.29, 0.717) is 10.1 Å². The van der Waals surface area contributed by atoms with E-state index < -0.39 is 6.03 Å². The first-order valence-corrected chi connectivity index (χ1v) is 4.52. The van der Waals surface area contributed by atoms with Crippen molar-refractivity contribution >= 4 is 17.6 Å². The van der Waals surface area contributed by atoms with E-state index in [-0.39, 0.29) is 18.3 Å². The summed E-state index contributed by atoms with van der Waals surface area (Å²) in [6.45, 7) is -0.00363. The van der Waals surface area contributed by atoms with Gasteiger partial charge in [-0.15, -0.1) is 0 Å². The zero-order valence-electron chi connectivity index (χ0n) is 7.72. The maximum Gasteiger partial charge on any atom is 0.341 e. The molecule has 1 rings (SSSR count). The van der Waals surface area contributed by atoms with E-state index in [1.807, 2.05) is 0 Å². The van der Waals surface area contributed by atoms with E-state index in [4.69, 9.17) is 21.9 Å². The molecule has 0 spiro atoms. The number of hydrogen-bond acceptors (Lipinski definition) is 3. The molecule has 0 radical (unpaired) electrons. The Balaban J connectivity index is 2.81. The Hall–Kier alpha value is -1.53. The van der Waals surface area contributed by atoms with Crippen LogP contribution in [0.2, 0.25) is 5.15 Å². The van der Waals surface area contributed by atoms with Crippen LogP contribution in [-0.2, 0) is 0 Å². The van der Waals surface area contributed by atoms with Gasteiger partial charge in [-0.25, -0.2) is 4.79 Å². The van der Waals surface area contributed by atoms with Crippen molar-refractivity contribution < 1.29 is 15.1 Å². The van der Waals surface area contributed by atoms with Crippen LogP contribution < -0.4 is 10.7 Å². The Kier molecular flexibility index (Phi) is 4.14. The molecule has 15 heavy (non-hydrogen) atoms. The summed E-state index contributed by atoms with van der Waals surface area (Å²) in [7, 11) is 0. The van der Waals surface area contributed by atoms with E-state index in [0.717, 1.165) is 0 Å². The first kappa shape index (κ1) is 11.5. The van der Waals surface area contributed by atoms with Crippen molar-refractivity contribution in [3.63, 3.8) is 0 Å². The molecule has 1 aromatic rings. The summed E-state index contributed by atoms with van der Waals surface area (Å²) in [5, 5.41) is 20.2. The van der Waals surface area contributed by atoms with Crippen molar-refractivity contribution in [1.82, 2.24) is 10.0 Å². The third-order valence-electron chi connectivity index (χ3n) is 1.49. The molecule has 0 saturated carbocycles. The Morgan fingerprint density at radius 1 is 1.67 bits per heavy atom. The molecule has 1 heterocycles. The molecule has 0 aromatic carbocycles. The molecule has 0 fully saturated rings. The van der Waals surface area contributed by atoms with Gasteiger partial charge in [0.05, 0.1) is 12.0 Å². The van der Waals surface area contributed by atoms with Crippen molar-refractivity contribution in [3.05, 3.63) is 28.8 Å². The number of nitrogens with zero attached hydrogens (tertiary/aromatic N) is 2. The summed E-state index contributed by atoms with van der Waals surface area (Å²) in [5.74, 6) is 0. The van der Waals surface area contributed by atoms with Crippen molar-refractivity contribution in [2.75, 3.05) is 13.2 Å². The smallest absolute Gasteiger partial charge is 0.341 e. The van der Waals surface area contributed by atoms with Gasteiger partial charge in [-0.2, -0.15) is 9.72 Å². The molecule has 0 aliphatic rings. The lowest BCUT2D eigenvalue weighted by Gasteiger charge is -1.99. The van der Waals surface area contributed by atoms with Gasteiger partial charge in [0.25, 0.3) is 0 Å². The number of carbonyl (C=O) groups excluding carboxylic acids is 1. The van der Waals surface area contributed by atoms with E-state index in [2.05, 4.69) is 10.3 Å². The summed E-state index contributed by atoms with van der Waals surface area (Å²) < 4.78 is 0.701. The van der Waals surface area contributed by atoms with Crippen molar-refractivity contribution in [2.45, 2.75) is 0 Å². The molecule has 0 aliphatic carbocycles. The first-order valence-electron chi connectivity index (χ1n) is 4.14. The fraction of sp³-hybridized carbons (Fsp3) is 0.250. The van der Waals surface area contributed by atoms with E-state index in [9.17, 15) is 4.79 Å². The number of carbonyl (C=O) groups is 1. The Morgan fingerprint density at radius 3 is 3.00 bits per heavy atom. The Morgan fingerprint density at radius 2 is 2.40 bits per heavy atom. The molecule has 82 valence electrons. The highest BCUT2D eigenvalue weighted by Crippen LogP contribution is 2.00. The van der Waals surface area contributed by atoms with Gasteiger partial charge < -0.3 is 15.6 Å². The number of urea groups is 1. The van der Waals surface area contributed by atoms with E-state index in [1.54, 1.807) is 0 Å². The van der Waals surface area contributed by atoms with Gasteiger partial charge in [-0.3, -0.25) is 0 Å². The van der Waals surface area contributed by atoms with Gasteiger partial charge in [-0.1, -0.05) is 11.6 Å². The number of nitrogens with one attached hydrogen (secondary N) is 1. The normalized spacial score (nSPS) is 11.5. The van der Waals surface area contributed by atoms with Crippen molar-refractivity contribution in [1.29, 1.82) is 0 Å². The van der Waals surface area contributed by atoms with Gasteiger partial charge >= 0.3 is 6.03 Å². The van der Waals surface area contributed by atoms with Gasteiger partial charge in [0.2, 0.25) is 0 Å². The number of aliphatic hydroxyl groups excluding tert-OH is 1. The largest absolute Gasteiger partial charge is 0.428 e. The lowest BCUT2D eigenvalue weighted by Crippen LogP contribution is -2.25. The predicted octanol–water partition coefficient (Wildman–Crippen LogP) is -0.0186. The molecule has 2 amide bonds. The molecule has 0 bridgehead atoms. The van der Waals surface area contributed by atoms with Crippen molar-refractivity contribution in [3.8, 4) is 0 Å². The van der Waals surface area contributed by atoms with Crippen LogP contribution in [0, 0.1) is 0 Å². The SMILES string of the molecule is O=C(/N=c1\ccn(O)c(Cl)c1)NCCO. The van der Waals surface area contributed by atoms with Gasteiger partial charge in [0.15, 0.2) is 0 Å². The van der Waals surface area contributed by atoms with Crippen LogP contribution in [0.4, 0.5) is 4.79 Å². The number of aromatic nitrogens is 1. The quantitative estimate of drug-likeness (QED) is 0.494. The second kappa shape index (κ2) is 5.38. The second-order valence-corrected chi connectivity index (χ2v) is 3.01. The third kappa shape index (κ3) is 3.61. The highest BCUT2D eigenvalue weighted by molar-refractivity contribution is 6.29. The number of halogens is 1. The average Bonchev–Trinajstić information content (AvgIpc) is 2.20. The average molecular weight is 232 g/mol. The standard InChI is InChI=1S/C8H10ClN3O3/c9-7-5-6(1-3-12(7)15)11-8(14)10-2-4-13/h1,3,5,13,15H,2,4H2,(H,10,14)/b11-6+. The summed E-state index contributed by atoms with van der Waals surface area (Å²) in [6, 6.07) is 2.18. The maximum absolute atomic E-state index is 11.1. The topological polar surface area (TPSA) is 86.9 Å². The zero-order valence-corrected chi connectivity index (χ0v) is 8.48. The van der Waals surface area contributed by atoms with Crippen LogP contribution in [0.3, 0.4) is 0 Å². The van der Waals surface area contributed by atoms with Gasteiger partial charge in [0.1, 0.15) is 5.15 Å². The Labute approximate surface area is 90.4 Å². The van der Waals surface area contributed by atoms with Crippen molar-refractivity contribution in [2.24, 2.45) is 4.99 Å². The van der Waals surface area contributed by atoms with Gasteiger partial charge in [-0.05, 0) is 6.07 Å². The van der Waals surface area contributed by atoms with Crippen LogP contribution in [0.25, 0.3) is 0 Å². The van der Waals surface area contributed by atoms with Crippen LogP contribution in [0.1, 0.15) is 0 Å². The maximum atomic E-state index is 11.1. The summed E-state index contributed by atoms with van der Waals surface area (Å²) in [5.41, 5.74) is 0. The number of hydrogen-bond donors (Lipinski definition) is 3. The van der Waals surface area contributed by atoms with Gasteiger partial charge in [0, 0.05) is 18.8 Å². The molecular weight excluding hydrogens is 222 g/mol. The van der Waals surface area contributed by atoms with E-state index >= 15 is 0 Å². The van der Waals surface area contributed by atoms with Crippen LogP contribution >= 0.6 is 11.6 Å². The molecule has 7 heteroatoms. The molecule has 0 atom stereocenters.